The first-order valence-corrected chi connectivity index (χ1v) is 9.19. The average molecular weight is 362 g/mol. The number of ether oxygens (including phenoxy) is 1. The van der Waals surface area contributed by atoms with Crippen LogP contribution in [-0.2, 0) is 19.5 Å². The summed E-state index contributed by atoms with van der Waals surface area (Å²) in [6.07, 6.45) is 4.18. The molecule has 27 heavy (non-hydrogen) atoms. The van der Waals surface area contributed by atoms with Gasteiger partial charge >= 0.3 is 0 Å². The van der Waals surface area contributed by atoms with Crippen LogP contribution < -0.4 is 10.3 Å². The zero-order chi connectivity index (χ0) is 18.6. The Labute approximate surface area is 157 Å². The quantitative estimate of drug-likeness (QED) is 0.756. The molecule has 1 aliphatic rings. The molecule has 138 valence electrons. The molecule has 0 fully saturated rings. The van der Waals surface area contributed by atoms with Crippen molar-refractivity contribution < 1.29 is 4.74 Å². The zero-order valence-electron chi connectivity index (χ0n) is 15.3. The van der Waals surface area contributed by atoms with E-state index in [2.05, 4.69) is 27.0 Å². The summed E-state index contributed by atoms with van der Waals surface area (Å²) in [4.78, 5) is 26.5. The number of hydrogen-bond donors (Lipinski definition) is 1. The SMILES string of the molecule is CCOc1ccc(CN2CCc3nc(-c4ccncc4)[nH]c(=O)c3C2)cc1. The van der Waals surface area contributed by atoms with Gasteiger partial charge in [-0.3, -0.25) is 14.7 Å². The number of H-pyrrole nitrogens is 1. The Hall–Kier alpha value is -2.99. The van der Waals surface area contributed by atoms with E-state index in [9.17, 15) is 4.79 Å². The van der Waals surface area contributed by atoms with E-state index < -0.39 is 0 Å². The van der Waals surface area contributed by atoms with Gasteiger partial charge in [0.05, 0.1) is 17.9 Å². The highest BCUT2D eigenvalue weighted by Crippen LogP contribution is 2.20. The van der Waals surface area contributed by atoms with Crippen LogP contribution in [0.25, 0.3) is 11.4 Å². The summed E-state index contributed by atoms with van der Waals surface area (Å²) in [5.41, 5.74) is 3.70. The van der Waals surface area contributed by atoms with Crippen molar-refractivity contribution in [3.63, 3.8) is 0 Å². The smallest absolute Gasteiger partial charge is 0.255 e. The van der Waals surface area contributed by atoms with Crippen molar-refractivity contribution in [1.82, 2.24) is 19.9 Å². The highest BCUT2D eigenvalue weighted by atomic mass is 16.5. The van der Waals surface area contributed by atoms with Crippen LogP contribution in [-0.4, -0.2) is 33.0 Å². The third-order valence-corrected chi connectivity index (χ3v) is 4.74. The van der Waals surface area contributed by atoms with Crippen LogP contribution in [0.3, 0.4) is 0 Å². The maximum atomic E-state index is 12.6. The Kier molecular flexibility index (Phi) is 4.98. The molecule has 3 heterocycles. The largest absolute Gasteiger partial charge is 0.494 e. The highest BCUT2D eigenvalue weighted by molar-refractivity contribution is 5.54. The normalized spacial score (nSPS) is 14.0. The number of hydrogen-bond acceptors (Lipinski definition) is 5. The minimum absolute atomic E-state index is 0.0526. The third-order valence-electron chi connectivity index (χ3n) is 4.74. The number of rotatable bonds is 5. The van der Waals surface area contributed by atoms with Crippen molar-refractivity contribution in [3.8, 4) is 17.1 Å². The van der Waals surface area contributed by atoms with Gasteiger partial charge in [0.25, 0.3) is 5.56 Å². The maximum absolute atomic E-state index is 12.6. The number of nitrogens with zero attached hydrogens (tertiary/aromatic N) is 3. The van der Waals surface area contributed by atoms with Crippen molar-refractivity contribution in [2.75, 3.05) is 13.2 Å². The van der Waals surface area contributed by atoms with Gasteiger partial charge in [0.15, 0.2) is 0 Å². The van der Waals surface area contributed by atoms with Crippen LogP contribution in [0.1, 0.15) is 23.7 Å². The van der Waals surface area contributed by atoms with Crippen LogP contribution >= 0.6 is 0 Å². The van der Waals surface area contributed by atoms with Crippen LogP contribution in [0, 0.1) is 0 Å². The summed E-state index contributed by atoms with van der Waals surface area (Å²) in [7, 11) is 0. The van der Waals surface area contributed by atoms with Gasteiger partial charge in [0, 0.05) is 44.0 Å². The lowest BCUT2D eigenvalue weighted by atomic mass is 10.1. The monoisotopic (exact) mass is 362 g/mol. The second-order valence-electron chi connectivity index (χ2n) is 6.61. The number of benzene rings is 1. The Morgan fingerprint density at radius 3 is 2.67 bits per heavy atom. The molecule has 0 radical (unpaired) electrons. The third kappa shape index (κ3) is 3.90. The molecule has 0 saturated heterocycles. The fourth-order valence-corrected chi connectivity index (χ4v) is 3.38. The van der Waals surface area contributed by atoms with Crippen LogP contribution in [0.4, 0.5) is 0 Å². The van der Waals surface area contributed by atoms with E-state index in [4.69, 9.17) is 9.72 Å². The van der Waals surface area contributed by atoms with Gasteiger partial charge in [-0.15, -0.1) is 0 Å². The second-order valence-corrected chi connectivity index (χ2v) is 6.61. The van der Waals surface area contributed by atoms with E-state index in [-0.39, 0.29) is 5.56 Å². The minimum atomic E-state index is -0.0526. The Morgan fingerprint density at radius 1 is 1.15 bits per heavy atom. The molecule has 6 nitrogen and oxygen atoms in total. The number of pyridine rings is 1. The van der Waals surface area contributed by atoms with E-state index in [1.165, 1.54) is 5.56 Å². The fraction of sp³-hybridized carbons (Fsp3) is 0.286. The lowest BCUT2D eigenvalue weighted by Gasteiger charge is -2.27. The van der Waals surface area contributed by atoms with Crippen LogP contribution in [0.15, 0.2) is 53.6 Å². The molecule has 0 atom stereocenters. The van der Waals surface area contributed by atoms with Gasteiger partial charge in [-0.25, -0.2) is 4.98 Å². The van der Waals surface area contributed by atoms with E-state index in [0.717, 1.165) is 42.1 Å². The topological polar surface area (TPSA) is 71.1 Å². The van der Waals surface area contributed by atoms with Gasteiger partial charge in [-0.2, -0.15) is 0 Å². The molecule has 0 unspecified atom stereocenters. The first-order chi connectivity index (χ1) is 13.2. The maximum Gasteiger partial charge on any atom is 0.255 e. The first kappa shape index (κ1) is 17.4. The summed E-state index contributed by atoms with van der Waals surface area (Å²) in [6, 6.07) is 11.8. The number of aromatic amines is 1. The second kappa shape index (κ2) is 7.72. The molecule has 3 aromatic rings. The molecule has 4 rings (SSSR count). The number of nitrogens with one attached hydrogen (secondary N) is 1. The molecule has 2 aromatic heterocycles. The van der Waals surface area contributed by atoms with Crippen molar-refractivity contribution in [1.29, 1.82) is 0 Å². The Bertz CT molecular complexity index is 968. The molecule has 0 amide bonds. The van der Waals surface area contributed by atoms with E-state index in [1.54, 1.807) is 12.4 Å². The predicted molar refractivity (Wildman–Crippen MR) is 104 cm³/mol. The Balaban J connectivity index is 1.51. The number of aromatic nitrogens is 3. The molecule has 0 spiro atoms. The molecular formula is C21H22N4O2. The fourth-order valence-electron chi connectivity index (χ4n) is 3.38. The molecule has 1 aromatic carbocycles. The summed E-state index contributed by atoms with van der Waals surface area (Å²) in [6.45, 7) is 4.94. The molecule has 0 aliphatic carbocycles. The van der Waals surface area contributed by atoms with Crippen molar-refractivity contribution in [2.45, 2.75) is 26.4 Å². The van der Waals surface area contributed by atoms with Crippen molar-refractivity contribution in [2.24, 2.45) is 0 Å². The van der Waals surface area contributed by atoms with Gasteiger partial charge < -0.3 is 9.72 Å². The molecule has 6 heteroatoms. The van der Waals surface area contributed by atoms with Crippen molar-refractivity contribution >= 4 is 0 Å². The lowest BCUT2D eigenvalue weighted by Crippen LogP contribution is -2.35. The average Bonchev–Trinajstić information content (AvgIpc) is 2.71. The van der Waals surface area contributed by atoms with Crippen molar-refractivity contribution in [3.05, 3.63) is 76.0 Å². The summed E-state index contributed by atoms with van der Waals surface area (Å²) in [5, 5.41) is 0. The van der Waals surface area contributed by atoms with E-state index >= 15 is 0 Å². The van der Waals surface area contributed by atoms with Crippen LogP contribution in [0.5, 0.6) is 5.75 Å². The molecule has 1 aliphatic heterocycles. The molecule has 1 N–H and O–H groups in total. The number of fused-ring (bicyclic) bond motifs is 1. The molecule has 0 bridgehead atoms. The minimum Gasteiger partial charge on any atom is -0.494 e. The van der Waals surface area contributed by atoms with Crippen LogP contribution in [0.2, 0.25) is 0 Å². The van der Waals surface area contributed by atoms with Gasteiger partial charge in [0.1, 0.15) is 11.6 Å². The first-order valence-electron chi connectivity index (χ1n) is 9.19. The summed E-state index contributed by atoms with van der Waals surface area (Å²) < 4.78 is 5.49. The summed E-state index contributed by atoms with van der Waals surface area (Å²) in [5.74, 6) is 1.50. The van der Waals surface area contributed by atoms with Gasteiger partial charge in [-0.05, 0) is 36.8 Å². The van der Waals surface area contributed by atoms with Gasteiger partial charge in [-0.1, -0.05) is 12.1 Å². The highest BCUT2D eigenvalue weighted by Gasteiger charge is 2.21. The molecular weight excluding hydrogens is 340 g/mol. The standard InChI is InChI=1S/C21H22N4O2/c1-2-27-17-5-3-15(4-6-17)13-25-12-9-19-18(14-25)21(26)24-20(23-19)16-7-10-22-11-8-16/h3-8,10-11H,2,9,12-14H2,1H3,(H,23,24,26). The summed E-state index contributed by atoms with van der Waals surface area (Å²) >= 11 is 0. The van der Waals surface area contributed by atoms with Gasteiger partial charge in [0.2, 0.25) is 0 Å². The Morgan fingerprint density at radius 2 is 1.93 bits per heavy atom. The van der Waals surface area contributed by atoms with E-state index in [1.807, 2.05) is 31.2 Å². The molecule has 0 saturated carbocycles. The van der Waals surface area contributed by atoms with E-state index in [0.29, 0.717) is 19.0 Å². The zero-order valence-corrected chi connectivity index (χ0v) is 15.3. The predicted octanol–water partition coefficient (Wildman–Crippen LogP) is 2.79. The lowest BCUT2D eigenvalue weighted by molar-refractivity contribution is 0.241.